The predicted molar refractivity (Wildman–Crippen MR) is 150 cm³/mol. The van der Waals surface area contributed by atoms with Crippen molar-refractivity contribution in [1.29, 1.82) is 0 Å². The fourth-order valence-electron chi connectivity index (χ4n) is 4.39. The first-order valence-electron chi connectivity index (χ1n) is 13.4. The van der Waals surface area contributed by atoms with Crippen molar-refractivity contribution in [1.82, 2.24) is 4.90 Å². The quantitative estimate of drug-likeness (QED) is 0.228. The molecule has 0 spiro atoms. The number of halogens is 1. The van der Waals surface area contributed by atoms with E-state index in [1.54, 1.807) is 12.1 Å². The molecule has 1 amide bonds. The van der Waals surface area contributed by atoms with Crippen molar-refractivity contribution in [3.05, 3.63) is 70.5 Å². The van der Waals surface area contributed by atoms with Gasteiger partial charge in [0.1, 0.15) is 0 Å². The molecule has 0 saturated heterocycles. The van der Waals surface area contributed by atoms with Crippen LogP contribution in [0.5, 0.6) is 5.75 Å². The Morgan fingerprint density at radius 1 is 1.00 bits per heavy atom. The Balaban J connectivity index is 1.45. The van der Waals surface area contributed by atoms with Gasteiger partial charge in [0.15, 0.2) is 11.6 Å². The number of carbonyl (C=O) groups excluding carboxylic acids is 1. The summed E-state index contributed by atoms with van der Waals surface area (Å²) in [6.45, 7) is 5.54. The van der Waals surface area contributed by atoms with Crippen molar-refractivity contribution in [2.75, 3.05) is 17.8 Å². The minimum atomic E-state index is -0.503. The molecule has 6 heteroatoms. The van der Waals surface area contributed by atoms with Crippen molar-refractivity contribution in [2.24, 2.45) is 0 Å². The maximum atomic E-state index is 14.6. The molecule has 0 radical (unpaired) electrons. The number of unbranched alkanes of at least 4 members (excludes halogenated alkanes) is 9. The first kappa shape index (κ1) is 28.1. The molecule has 1 heterocycles. The molecule has 1 aliphatic rings. The van der Waals surface area contributed by atoms with E-state index in [4.69, 9.17) is 4.74 Å². The topological polar surface area (TPSA) is 41.6 Å². The maximum absolute atomic E-state index is 14.6. The summed E-state index contributed by atoms with van der Waals surface area (Å²) in [7, 11) is 0. The van der Waals surface area contributed by atoms with Crippen LogP contribution in [0.15, 0.2) is 53.6 Å². The summed E-state index contributed by atoms with van der Waals surface area (Å²) in [5.41, 5.74) is 2.02. The number of amides is 1. The highest BCUT2D eigenvalue weighted by molar-refractivity contribution is 8.03. The second-order valence-electron chi connectivity index (χ2n) is 9.56. The van der Waals surface area contributed by atoms with Gasteiger partial charge in [-0.05, 0) is 48.1 Å². The summed E-state index contributed by atoms with van der Waals surface area (Å²) in [4.78, 5) is 16.6. The molecular formula is C30H41FN2O2S. The van der Waals surface area contributed by atoms with Crippen LogP contribution < -0.4 is 10.1 Å². The van der Waals surface area contributed by atoms with Gasteiger partial charge in [-0.1, -0.05) is 82.9 Å². The van der Waals surface area contributed by atoms with E-state index >= 15 is 0 Å². The molecule has 2 aromatic rings. The lowest BCUT2D eigenvalue weighted by atomic mass is 10.1. The summed E-state index contributed by atoms with van der Waals surface area (Å²) >= 11 is 1.82. The SMILES string of the molecule is CCCCCCCCCCCCOc1c(F)cccc1C(=O)Nc1cccc(CN2C=C(C)SC2)c1. The number of hydrogen-bond donors (Lipinski definition) is 1. The van der Waals surface area contributed by atoms with Crippen molar-refractivity contribution in [2.45, 2.75) is 84.6 Å². The number of ether oxygens (including phenoxy) is 1. The van der Waals surface area contributed by atoms with E-state index in [0.717, 1.165) is 30.8 Å². The standard InChI is InChI=1S/C30H41FN2O2S/c1-3-4-5-6-7-8-9-10-11-12-19-35-29-27(17-14-18-28(29)31)30(34)32-26-16-13-15-25(20-26)22-33-21-24(2)36-23-33/h13-18,20-21H,3-12,19,22-23H2,1-2H3,(H,32,34). The number of hydrogen-bond acceptors (Lipinski definition) is 4. The summed E-state index contributed by atoms with van der Waals surface area (Å²) in [5.74, 6) is 0.108. The van der Waals surface area contributed by atoms with Gasteiger partial charge in [0.05, 0.1) is 18.0 Å². The molecule has 1 aliphatic heterocycles. The Labute approximate surface area is 220 Å². The third kappa shape index (κ3) is 9.53. The van der Waals surface area contributed by atoms with E-state index in [-0.39, 0.29) is 17.2 Å². The average molecular weight is 513 g/mol. The summed E-state index contributed by atoms with van der Waals surface area (Å²) in [6.07, 6.45) is 14.4. The van der Waals surface area contributed by atoms with Gasteiger partial charge < -0.3 is 15.0 Å². The van der Waals surface area contributed by atoms with Crippen LogP contribution in [0.1, 0.15) is 94.0 Å². The van der Waals surface area contributed by atoms with Crippen molar-refractivity contribution < 1.29 is 13.9 Å². The minimum absolute atomic E-state index is 0.0387. The van der Waals surface area contributed by atoms with Crippen molar-refractivity contribution in [3.63, 3.8) is 0 Å². The number of thioether (sulfide) groups is 1. The minimum Gasteiger partial charge on any atom is -0.490 e. The molecule has 0 unspecified atom stereocenters. The predicted octanol–water partition coefficient (Wildman–Crippen LogP) is 8.75. The Morgan fingerprint density at radius 2 is 1.69 bits per heavy atom. The van der Waals surface area contributed by atoms with E-state index < -0.39 is 5.82 Å². The largest absolute Gasteiger partial charge is 0.490 e. The molecule has 4 nitrogen and oxygen atoms in total. The van der Waals surface area contributed by atoms with E-state index in [1.165, 1.54) is 62.3 Å². The molecule has 0 aromatic heterocycles. The zero-order valence-electron chi connectivity index (χ0n) is 21.9. The first-order chi connectivity index (χ1) is 17.6. The van der Waals surface area contributed by atoms with Gasteiger partial charge in [0, 0.05) is 18.4 Å². The molecule has 3 rings (SSSR count). The van der Waals surface area contributed by atoms with E-state index in [0.29, 0.717) is 12.3 Å². The summed E-state index contributed by atoms with van der Waals surface area (Å²) < 4.78 is 20.3. The highest BCUT2D eigenvalue weighted by Crippen LogP contribution is 2.27. The number of para-hydroxylation sites is 1. The maximum Gasteiger partial charge on any atom is 0.259 e. The van der Waals surface area contributed by atoms with Gasteiger partial charge in [0.2, 0.25) is 0 Å². The van der Waals surface area contributed by atoms with Crippen LogP contribution in [0.4, 0.5) is 10.1 Å². The number of anilines is 1. The van der Waals surface area contributed by atoms with Crippen molar-refractivity contribution >= 4 is 23.4 Å². The second-order valence-corrected chi connectivity index (χ2v) is 10.8. The fraction of sp³-hybridized carbons (Fsp3) is 0.500. The van der Waals surface area contributed by atoms with Crippen LogP contribution in [0.2, 0.25) is 0 Å². The number of rotatable bonds is 16. The summed E-state index contributed by atoms with van der Waals surface area (Å²) in [6, 6.07) is 12.3. The smallest absolute Gasteiger partial charge is 0.259 e. The van der Waals surface area contributed by atoms with Gasteiger partial charge in [-0.3, -0.25) is 4.79 Å². The monoisotopic (exact) mass is 512 g/mol. The van der Waals surface area contributed by atoms with Gasteiger partial charge >= 0.3 is 0 Å². The number of allylic oxidation sites excluding steroid dienone is 1. The van der Waals surface area contributed by atoms with Crippen LogP contribution in [0.3, 0.4) is 0 Å². The Morgan fingerprint density at radius 3 is 2.39 bits per heavy atom. The van der Waals surface area contributed by atoms with Crippen LogP contribution >= 0.6 is 11.8 Å². The number of carbonyl (C=O) groups is 1. The molecular weight excluding hydrogens is 471 g/mol. The lowest BCUT2D eigenvalue weighted by molar-refractivity contribution is 0.102. The molecule has 0 atom stereocenters. The van der Waals surface area contributed by atoms with Crippen LogP contribution in [0, 0.1) is 5.82 Å². The van der Waals surface area contributed by atoms with Gasteiger partial charge in [-0.2, -0.15) is 0 Å². The van der Waals surface area contributed by atoms with E-state index in [9.17, 15) is 9.18 Å². The molecule has 36 heavy (non-hydrogen) atoms. The lowest BCUT2D eigenvalue weighted by Crippen LogP contribution is -2.16. The molecule has 0 saturated carbocycles. The molecule has 0 bridgehead atoms. The summed E-state index contributed by atoms with van der Waals surface area (Å²) in [5, 5.41) is 2.92. The molecule has 1 N–H and O–H groups in total. The van der Waals surface area contributed by atoms with Gasteiger partial charge in [-0.15, -0.1) is 11.8 Å². The van der Waals surface area contributed by atoms with Crippen LogP contribution in [-0.2, 0) is 6.54 Å². The number of nitrogens with zero attached hydrogens (tertiary/aromatic N) is 1. The zero-order chi connectivity index (χ0) is 25.6. The van der Waals surface area contributed by atoms with Crippen LogP contribution in [-0.4, -0.2) is 23.3 Å². The third-order valence-electron chi connectivity index (χ3n) is 6.35. The highest BCUT2D eigenvalue weighted by Gasteiger charge is 2.17. The van der Waals surface area contributed by atoms with E-state index in [2.05, 4.69) is 30.3 Å². The fourth-order valence-corrected chi connectivity index (χ4v) is 5.14. The lowest BCUT2D eigenvalue weighted by Gasteiger charge is -2.16. The molecule has 0 fully saturated rings. The average Bonchev–Trinajstić information content (AvgIpc) is 3.27. The Bertz CT molecular complexity index is 995. The highest BCUT2D eigenvalue weighted by atomic mass is 32.2. The number of benzene rings is 2. The van der Waals surface area contributed by atoms with Gasteiger partial charge in [0.25, 0.3) is 5.91 Å². The van der Waals surface area contributed by atoms with Gasteiger partial charge in [-0.25, -0.2) is 4.39 Å². The Hall–Kier alpha value is -2.47. The second kappa shape index (κ2) is 15.6. The normalized spacial score (nSPS) is 13.1. The molecule has 0 aliphatic carbocycles. The Kier molecular flexibility index (Phi) is 12.2. The van der Waals surface area contributed by atoms with Crippen molar-refractivity contribution in [3.8, 4) is 5.75 Å². The number of nitrogens with one attached hydrogen (secondary N) is 1. The molecule has 2 aromatic carbocycles. The first-order valence-corrected chi connectivity index (χ1v) is 14.4. The molecule has 196 valence electrons. The zero-order valence-corrected chi connectivity index (χ0v) is 22.7. The van der Waals surface area contributed by atoms with E-state index in [1.807, 2.05) is 36.0 Å². The van der Waals surface area contributed by atoms with Crippen LogP contribution in [0.25, 0.3) is 0 Å². The third-order valence-corrected chi connectivity index (χ3v) is 7.37.